The predicted octanol–water partition coefficient (Wildman–Crippen LogP) is 4.90. The fourth-order valence-electron chi connectivity index (χ4n) is 1.44. The third-order valence-corrected chi connectivity index (χ3v) is 3.42. The van der Waals surface area contributed by atoms with Crippen LogP contribution >= 0.6 is 34.8 Å². The van der Waals surface area contributed by atoms with Gasteiger partial charge in [-0.1, -0.05) is 53.0 Å². The summed E-state index contributed by atoms with van der Waals surface area (Å²) in [7, 11) is 0. The van der Waals surface area contributed by atoms with Gasteiger partial charge in [-0.05, 0) is 23.8 Å². The van der Waals surface area contributed by atoms with Crippen LogP contribution < -0.4 is 5.73 Å². The summed E-state index contributed by atoms with van der Waals surface area (Å²) in [5.41, 5.74) is 8.00. The van der Waals surface area contributed by atoms with Crippen molar-refractivity contribution in [1.82, 2.24) is 0 Å². The lowest BCUT2D eigenvalue weighted by atomic mass is 10.1. The molecule has 1 nitrogen and oxygen atoms in total. The highest BCUT2D eigenvalue weighted by Gasteiger charge is 2.07. The van der Waals surface area contributed by atoms with Crippen LogP contribution in [0.15, 0.2) is 36.4 Å². The van der Waals surface area contributed by atoms with Crippen molar-refractivity contribution in [2.45, 2.75) is 0 Å². The number of rotatable bonds is 1. The molecular weight excluding hydrogens is 264 g/mol. The minimum absolute atomic E-state index is 0.519. The molecule has 0 amide bonds. The lowest BCUT2D eigenvalue weighted by molar-refractivity contribution is 1.61. The maximum Gasteiger partial charge on any atom is 0.0670 e. The number of halogens is 3. The summed E-state index contributed by atoms with van der Waals surface area (Å²) in [6.07, 6.45) is 0. The molecule has 0 saturated heterocycles. The number of nitrogens with two attached hydrogens (primary N) is 1. The number of benzene rings is 2. The maximum atomic E-state index is 6.11. The van der Waals surface area contributed by atoms with E-state index in [1.807, 2.05) is 18.2 Å². The van der Waals surface area contributed by atoms with Crippen molar-refractivity contribution in [3.63, 3.8) is 0 Å². The molecule has 2 aromatic rings. The third kappa shape index (κ3) is 2.12. The van der Waals surface area contributed by atoms with Crippen molar-refractivity contribution in [3.8, 4) is 11.1 Å². The molecule has 0 radical (unpaired) electrons. The molecule has 0 saturated carbocycles. The fourth-order valence-corrected chi connectivity index (χ4v) is 1.97. The van der Waals surface area contributed by atoms with Crippen molar-refractivity contribution < 1.29 is 0 Å². The van der Waals surface area contributed by atoms with Crippen molar-refractivity contribution in [2.75, 3.05) is 5.73 Å². The van der Waals surface area contributed by atoms with E-state index in [1.54, 1.807) is 18.2 Å². The molecule has 4 heteroatoms. The van der Waals surface area contributed by atoms with Crippen LogP contribution in [0.3, 0.4) is 0 Å². The Kier molecular flexibility index (Phi) is 3.29. The van der Waals surface area contributed by atoms with Crippen LogP contribution in [0.2, 0.25) is 15.1 Å². The Labute approximate surface area is 109 Å². The van der Waals surface area contributed by atoms with Gasteiger partial charge in [-0.2, -0.15) is 0 Å². The monoisotopic (exact) mass is 271 g/mol. The zero-order valence-electron chi connectivity index (χ0n) is 8.18. The van der Waals surface area contributed by atoms with Crippen molar-refractivity contribution in [1.29, 1.82) is 0 Å². The zero-order chi connectivity index (χ0) is 11.7. The Morgan fingerprint density at radius 1 is 0.875 bits per heavy atom. The van der Waals surface area contributed by atoms with Crippen LogP contribution in [0.4, 0.5) is 5.69 Å². The van der Waals surface area contributed by atoms with E-state index >= 15 is 0 Å². The van der Waals surface area contributed by atoms with Gasteiger partial charge < -0.3 is 5.73 Å². The van der Waals surface area contributed by atoms with Gasteiger partial charge in [-0.25, -0.2) is 0 Å². The Balaban J connectivity index is 2.59. The Morgan fingerprint density at radius 2 is 1.62 bits per heavy atom. The van der Waals surface area contributed by atoms with Gasteiger partial charge in [0.1, 0.15) is 0 Å². The molecule has 2 N–H and O–H groups in total. The topological polar surface area (TPSA) is 26.0 Å². The molecule has 0 aliphatic carbocycles. The first-order valence-corrected chi connectivity index (χ1v) is 5.72. The summed E-state index contributed by atoms with van der Waals surface area (Å²) < 4.78 is 0. The summed E-state index contributed by atoms with van der Waals surface area (Å²) in [5.74, 6) is 0. The number of anilines is 1. The van der Waals surface area contributed by atoms with Gasteiger partial charge in [0.25, 0.3) is 0 Å². The molecule has 0 unspecified atom stereocenters. The van der Waals surface area contributed by atoms with Crippen molar-refractivity contribution >= 4 is 40.5 Å². The molecule has 0 aliphatic heterocycles. The molecule has 0 heterocycles. The number of hydrogen-bond donors (Lipinski definition) is 1. The van der Waals surface area contributed by atoms with Gasteiger partial charge in [0, 0.05) is 5.56 Å². The van der Waals surface area contributed by atoms with Gasteiger partial charge in [-0.3, -0.25) is 0 Å². The Bertz CT molecular complexity index is 538. The van der Waals surface area contributed by atoms with Gasteiger partial charge in [-0.15, -0.1) is 0 Å². The maximum absolute atomic E-state index is 6.11. The second-order valence-corrected chi connectivity index (χ2v) is 4.53. The molecular formula is C12H8Cl3N. The van der Waals surface area contributed by atoms with E-state index in [9.17, 15) is 0 Å². The minimum atomic E-state index is 0.519. The first kappa shape index (κ1) is 11.6. The van der Waals surface area contributed by atoms with E-state index < -0.39 is 0 Å². The van der Waals surface area contributed by atoms with Crippen LogP contribution in [0.1, 0.15) is 0 Å². The molecule has 82 valence electrons. The normalized spacial score (nSPS) is 10.4. The van der Waals surface area contributed by atoms with E-state index in [1.165, 1.54) is 0 Å². The second kappa shape index (κ2) is 4.54. The lowest BCUT2D eigenvalue weighted by Crippen LogP contribution is -1.88. The van der Waals surface area contributed by atoms with E-state index in [-0.39, 0.29) is 0 Å². The largest absolute Gasteiger partial charge is 0.398 e. The smallest absolute Gasteiger partial charge is 0.0670 e. The zero-order valence-corrected chi connectivity index (χ0v) is 10.4. The van der Waals surface area contributed by atoms with E-state index in [4.69, 9.17) is 40.5 Å². The summed E-state index contributed by atoms with van der Waals surface area (Å²) in [5, 5.41) is 1.57. The van der Waals surface area contributed by atoms with Crippen LogP contribution in [0.25, 0.3) is 11.1 Å². The Hall–Kier alpha value is -0.890. The highest BCUT2D eigenvalue weighted by Crippen LogP contribution is 2.35. The molecule has 0 atom stereocenters. The summed E-state index contributed by atoms with van der Waals surface area (Å²) >= 11 is 17.9. The fraction of sp³-hybridized carbons (Fsp3) is 0. The molecule has 0 aliphatic rings. The first-order chi connectivity index (χ1) is 7.59. The minimum Gasteiger partial charge on any atom is -0.398 e. The molecule has 0 fully saturated rings. The summed E-state index contributed by atoms with van der Waals surface area (Å²) in [6, 6.07) is 10.8. The predicted molar refractivity (Wildman–Crippen MR) is 71.3 cm³/mol. The molecule has 0 aromatic heterocycles. The standard InChI is InChI=1S/C12H8Cl3N/c13-9-5-4-7(6-11(9)16)8-2-1-3-10(14)12(8)15/h1-6H,16H2. The quantitative estimate of drug-likeness (QED) is 0.734. The Morgan fingerprint density at radius 3 is 2.31 bits per heavy atom. The summed E-state index contributed by atoms with van der Waals surface area (Å²) in [4.78, 5) is 0. The van der Waals surface area contributed by atoms with Gasteiger partial charge in [0.05, 0.1) is 20.8 Å². The van der Waals surface area contributed by atoms with Crippen LogP contribution in [0, 0.1) is 0 Å². The molecule has 2 aromatic carbocycles. The van der Waals surface area contributed by atoms with E-state index in [0.717, 1.165) is 11.1 Å². The second-order valence-electron chi connectivity index (χ2n) is 3.34. The first-order valence-electron chi connectivity index (χ1n) is 4.59. The number of nitrogen functional groups attached to an aromatic ring is 1. The lowest BCUT2D eigenvalue weighted by Gasteiger charge is -2.07. The molecule has 16 heavy (non-hydrogen) atoms. The van der Waals surface area contributed by atoms with Gasteiger partial charge in [0.15, 0.2) is 0 Å². The molecule has 2 rings (SSSR count). The van der Waals surface area contributed by atoms with E-state index in [2.05, 4.69) is 0 Å². The average molecular weight is 273 g/mol. The van der Waals surface area contributed by atoms with E-state index in [0.29, 0.717) is 20.8 Å². The highest BCUT2D eigenvalue weighted by molar-refractivity contribution is 6.43. The third-order valence-electron chi connectivity index (χ3n) is 2.26. The van der Waals surface area contributed by atoms with Crippen LogP contribution in [-0.2, 0) is 0 Å². The number of hydrogen-bond acceptors (Lipinski definition) is 1. The average Bonchev–Trinajstić information content (AvgIpc) is 2.26. The SMILES string of the molecule is Nc1cc(-c2cccc(Cl)c2Cl)ccc1Cl. The van der Waals surface area contributed by atoms with Gasteiger partial charge in [0.2, 0.25) is 0 Å². The summed E-state index contributed by atoms with van der Waals surface area (Å²) in [6.45, 7) is 0. The van der Waals surface area contributed by atoms with Crippen LogP contribution in [-0.4, -0.2) is 0 Å². The van der Waals surface area contributed by atoms with Crippen molar-refractivity contribution in [3.05, 3.63) is 51.5 Å². The molecule has 0 bridgehead atoms. The van der Waals surface area contributed by atoms with Crippen molar-refractivity contribution in [2.24, 2.45) is 0 Å². The molecule has 0 spiro atoms. The van der Waals surface area contributed by atoms with Crippen LogP contribution in [0.5, 0.6) is 0 Å². The van der Waals surface area contributed by atoms with Gasteiger partial charge >= 0.3 is 0 Å². The highest BCUT2D eigenvalue weighted by atomic mass is 35.5.